The molecule has 0 aromatic heterocycles. The topological polar surface area (TPSA) is 32.3 Å². The molecule has 76 valence electrons. The minimum absolute atomic E-state index is 0.156. The highest BCUT2D eigenvalue weighted by Gasteiger charge is 2.34. The van der Waals surface area contributed by atoms with E-state index in [1.807, 2.05) is 6.08 Å². The molecular formula is C11H21NO. The average Bonchev–Trinajstić information content (AvgIpc) is 1.78. The zero-order valence-corrected chi connectivity index (χ0v) is 9.15. The van der Waals surface area contributed by atoms with Crippen molar-refractivity contribution in [2.24, 2.45) is 0 Å². The second-order valence-corrected chi connectivity index (χ2v) is 5.29. The van der Waals surface area contributed by atoms with Crippen LogP contribution in [0.25, 0.3) is 0 Å². The van der Waals surface area contributed by atoms with Gasteiger partial charge in [0.1, 0.15) is 0 Å². The Morgan fingerprint density at radius 3 is 2.08 bits per heavy atom. The number of hydrogen-bond donors (Lipinski definition) is 2. The molecule has 1 fully saturated rings. The smallest absolute Gasteiger partial charge is 0.0615 e. The standard InChI is InChI=1S/C11H21NO/c1-10(2)7-9(5-6-13)8-11(3,4)12-10/h5,12-13H,6-8H2,1-4H3. The van der Waals surface area contributed by atoms with Crippen LogP contribution in [-0.4, -0.2) is 22.8 Å². The van der Waals surface area contributed by atoms with Gasteiger partial charge < -0.3 is 10.4 Å². The van der Waals surface area contributed by atoms with E-state index in [1.165, 1.54) is 5.57 Å². The number of aliphatic hydroxyl groups excluding tert-OH is 1. The molecule has 0 aliphatic carbocycles. The van der Waals surface area contributed by atoms with Crippen LogP contribution in [0.3, 0.4) is 0 Å². The molecule has 0 aromatic rings. The van der Waals surface area contributed by atoms with Gasteiger partial charge in [-0.1, -0.05) is 11.6 Å². The zero-order valence-electron chi connectivity index (χ0n) is 9.15. The molecule has 0 radical (unpaired) electrons. The molecule has 0 amide bonds. The van der Waals surface area contributed by atoms with E-state index in [4.69, 9.17) is 5.11 Å². The Kier molecular flexibility index (Phi) is 2.83. The molecule has 0 bridgehead atoms. The van der Waals surface area contributed by atoms with Crippen LogP contribution in [0.2, 0.25) is 0 Å². The summed E-state index contributed by atoms with van der Waals surface area (Å²) in [5, 5.41) is 12.5. The number of piperidine rings is 1. The summed E-state index contributed by atoms with van der Waals surface area (Å²) in [5.41, 5.74) is 1.68. The zero-order chi connectivity index (χ0) is 10.1. The number of hydrogen-bond acceptors (Lipinski definition) is 2. The third kappa shape index (κ3) is 3.12. The van der Waals surface area contributed by atoms with Crippen molar-refractivity contribution in [2.75, 3.05) is 6.61 Å². The molecule has 2 heteroatoms. The molecule has 0 spiro atoms. The van der Waals surface area contributed by atoms with E-state index in [1.54, 1.807) is 0 Å². The summed E-state index contributed by atoms with van der Waals surface area (Å²) in [4.78, 5) is 0. The van der Waals surface area contributed by atoms with E-state index in [-0.39, 0.29) is 17.7 Å². The first-order chi connectivity index (χ1) is 5.85. The van der Waals surface area contributed by atoms with E-state index < -0.39 is 0 Å². The van der Waals surface area contributed by atoms with Crippen LogP contribution in [0.5, 0.6) is 0 Å². The molecular weight excluding hydrogens is 162 g/mol. The van der Waals surface area contributed by atoms with Gasteiger partial charge in [0.25, 0.3) is 0 Å². The van der Waals surface area contributed by atoms with Gasteiger partial charge in [-0.25, -0.2) is 0 Å². The van der Waals surface area contributed by atoms with Crippen molar-refractivity contribution in [1.82, 2.24) is 5.32 Å². The molecule has 13 heavy (non-hydrogen) atoms. The summed E-state index contributed by atoms with van der Waals surface area (Å²) < 4.78 is 0. The fourth-order valence-electron chi connectivity index (χ4n) is 2.48. The number of nitrogens with one attached hydrogen (secondary N) is 1. The lowest BCUT2D eigenvalue weighted by Gasteiger charge is -2.44. The van der Waals surface area contributed by atoms with Crippen LogP contribution in [0.15, 0.2) is 11.6 Å². The Labute approximate surface area is 81.0 Å². The van der Waals surface area contributed by atoms with E-state index >= 15 is 0 Å². The second-order valence-electron chi connectivity index (χ2n) is 5.29. The molecule has 1 rings (SSSR count). The first kappa shape index (κ1) is 10.7. The Morgan fingerprint density at radius 1 is 1.23 bits per heavy atom. The van der Waals surface area contributed by atoms with Crippen molar-refractivity contribution in [3.8, 4) is 0 Å². The van der Waals surface area contributed by atoms with Crippen molar-refractivity contribution in [3.05, 3.63) is 11.6 Å². The van der Waals surface area contributed by atoms with E-state index in [0.717, 1.165) is 12.8 Å². The minimum atomic E-state index is 0.156. The van der Waals surface area contributed by atoms with Gasteiger partial charge in [0.15, 0.2) is 0 Å². The van der Waals surface area contributed by atoms with Gasteiger partial charge in [0, 0.05) is 11.1 Å². The quantitative estimate of drug-likeness (QED) is 0.608. The second kappa shape index (κ2) is 3.43. The number of rotatable bonds is 1. The normalized spacial score (nSPS) is 25.8. The van der Waals surface area contributed by atoms with Gasteiger partial charge in [0.2, 0.25) is 0 Å². The maximum atomic E-state index is 8.86. The number of aliphatic hydroxyl groups is 1. The van der Waals surface area contributed by atoms with Crippen LogP contribution < -0.4 is 5.32 Å². The molecule has 1 heterocycles. The van der Waals surface area contributed by atoms with Crippen LogP contribution in [-0.2, 0) is 0 Å². The van der Waals surface area contributed by atoms with Crippen molar-refractivity contribution >= 4 is 0 Å². The average molecular weight is 183 g/mol. The summed E-state index contributed by atoms with van der Waals surface area (Å²) in [6.45, 7) is 9.00. The molecule has 0 unspecified atom stereocenters. The third-order valence-electron chi connectivity index (χ3n) is 2.39. The van der Waals surface area contributed by atoms with E-state index in [2.05, 4.69) is 33.0 Å². The molecule has 1 aliphatic heterocycles. The Bertz CT molecular complexity index is 198. The summed E-state index contributed by atoms with van der Waals surface area (Å²) >= 11 is 0. The maximum absolute atomic E-state index is 8.86. The maximum Gasteiger partial charge on any atom is 0.0615 e. The van der Waals surface area contributed by atoms with Crippen LogP contribution in [0, 0.1) is 0 Å². The van der Waals surface area contributed by atoms with E-state index in [9.17, 15) is 0 Å². The van der Waals surface area contributed by atoms with Crippen molar-refractivity contribution in [2.45, 2.75) is 51.6 Å². The molecule has 2 nitrogen and oxygen atoms in total. The monoisotopic (exact) mass is 183 g/mol. The SMILES string of the molecule is CC1(C)CC(=CCO)CC(C)(C)N1. The highest BCUT2D eigenvalue weighted by atomic mass is 16.2. The molecule has 0 atom stereocenters. The van der Waals surface area contributed by atoms with Crippen molar-refractivity contribution in [1.29, 1.82) is 0 Å². The van der Waals surface area contributed by atoms with Crippen LogP contribution in [0.4, 0.5) is 0 Å². The van der Waals surface area contributed by atoms with Gasteiger partial charge in [-0.3, -0.25) is 0 Å². The fourth-order valence-corrected chi connectivity index (χ4v) is 2.48. The van der Waals surface area contributed by atoms with Gasteiger partial charge >= 0.3 is 0 Å². The molecule has 0 aromatic carbocycles. The van der Waals surface area contributed by atoms with Crippen LogP contribution in [0.1, 0.15) is 40.5 Å². The predicted molar refractivity (Wildman–Crippen MR) is 55.7 cm³/mol. The Hall–Kier alpha value is -0.340. The van der Waals surface area contributed by atoms with Crippen molar-refractivity contribution < 1.29 is 5.11 Å². The van der Waals surface area contributed by atoms with Gasteiger partial charge in [-0.2, -0.15) is 0 Å². The van der Waals surface area contributed by atoms with Crippen LogP contribution >= 0.6 is 0 Å². The minimum Gasteiger partial charge on any atom is -0.392 e. The first-order valence-corrected chi connectivity index (χ1v) is 4.93. The fraction of sp³-hybridized carbons (Fsp3) is 0.818. The van der Waals surface area contributed by atoms with Gasteiger partial charge in [-0.05, 0) is 40.5 Å². The summed E-state index contributed by atoms with van der Waals surface area (Å²) in [6, 6.07) is 0. The lowest BCUT2D eigenvalue weighted by atomic mass is 9.79. The molecule has 1 saturated heterocycles. The van der Waals surface area contributed by atoms with Crippen molar-refractivity contribution in [3.63, 3.8) is 0 Å². The Balaban J connectivity index is 2.78. The lowest BCUT2D eigenvalue weighted by Crippen LogP contribution is -2.55. The highest BCUT2D eigenvalue weighted by Crippen LogP contribution is 2.31. The molecule has 2 N–H and O–H groups in total. The van der Waals surface area contributed by atoms with Gasteiger partial charge in [0.05, 0.1) is 6.61 Å². The summed E-state index contributed by atoms with van der Waals surface area (Å²) in [5.74, 6) is 0. The predicted octanol–water partition coefficient (Wildman–Crippen LogP) is 1.85. The first-order valence-electron chi connectivity index (χ1n) is 4.93. The largest absolute Gasteiger partial charge is 0.392 e. The molecule has 0 saturated carbocycles. The third-order valence-corrected chi connectivity index (χ3v) is 2.39. The van der Waals surface area contributed by atoms with E-state index in [0.29, 0.717) is 0 Å². The lowest BCUT2D eigenvalue weighted by molar-refractivity contribution is 0.221. The summed E-state index contributed by atoms with van der Waals surface area (Å²) in [7, 11) is 0. The highest BCUT2D eigenvalue weighted by molar-refractivity contribution is 5.16. The van der Waals surface area contributed by atoms with Gasteiger partial charge in [-0.15, -0.1) is 0 Å². The molecule has 1 aliphatic rings. The Morgan fingerprint density at radius 2 is 1.69 bits per heavy atom. The summed E-state index contributed by atoms with van der Waals surface area (Å²) in [6.07, 6.45) is 4.03.